The molecule has 0 N–H and O–H groups in total. The maximum atomic E-state index is 13.5. The summed E-state index contributed by atoms with van der Waals surface area (Å²) in [5.41, 5.74) is 1.10. The van der Waals surface area contributed by atoms with Gasteiger partial charge in [0.2, 0.25) is 11.8 Å². The largest absolute Gasteiger partial charge is 0.342 e. The molecule has 29 heavy (non-hydrogen) atoms. The second-order valence-electron chi connectivity index (χ2n) is 7.94. The van der Waals surface area contributed by atoms with Gasteiger partial charge in [0.05, 0.1) is 4.88 Å². The molecule has 6 nitrogen and oxygen atoms in total. The molecule has 1 atom stereocenters. The molecule has 0 bridgehead atoms. The first-order chi connectivity index (χ1) is 14.0. The number of likely N-dealkylation sites (tertiary alicyclic amines) is 1. The molecule has 154 valence electrons. The number of nitrogens with zero attached hydrogens (tertiary/aromatic N) is 3. The highest BCUT2D eigenvalue weighted by Gasteiger charge is 2.33. The summed E-state index contributed by atoms with van der Waals surface area (Å²) in [6, 6.07) is 8.18. The van der Waals surface area contributed by atoms with Crippen LogP contribution < -0.4 is 0 Å². The van der Waals surface area contributed by atoms with Crippen LogP contribution in [0.4, 0.5) is 0 Å². The highest BCUT2D eigenvalue weighted by Crippen LogP contribution is 2.40. The average Bonchev–Trinajstić information content (AvgIpc) is 3.24. The third-order valence-electron chi connectivity index (χ3n) is 6.10. The normalized spacial score (nSPS) is 20.2. The first-order valence-electron chi connectivity index (χ1n) is 10.3. The van der Waals surface area contributed by atoms with Gasteiger partial charge in [-0.05, 0) is 29.9 Å². The Kier molecular flexibility index (Phi) is 5.58. The highest BCUT2D eigenvalue weighted by atomic mass is 32.1. The predicted octanol–water partition coefficient (Wildman–Crippen LogP) is 2.93. The molecule has 7 heteroatoms. The Morgan fingerprint density at radius 1 is 0.897 bits per heavy atom. The van der Waals surface area contributed by atoms with Crippen LogP contribution in [-0.4, -0.2) is 71.7 Å². The molecule has 3 heterocycles. The quantitative estimate of drug-likeness (QED) is 0.761. The number of carbonyl (C=O) groups excluding carboxylic acids is 3. The lowest BCUT2D eigenvalue weighted by Crippen LogP contribution is -2.36. The van der Waals surface area contributed by atoms with Gasteiger partial charge in [-0.25, -0.2) is 0 Å². The van der Waals surface area contributed by atoms with Gasteiger partial charge in [0.1, 0.15) is 0 Å². The molecule has 2 aliphatic rings. The molecule has 3 amide bonds. The molecule has 4 rings (SSSR count). The van der Waals surface area contributed by atoms with E-state index in [0.29, 0.717) is 32.7 Å². The Morgan fingerprint density at radius 2 is 1.59 bits per heavy atom. The Hall–Kier alpha value is -2.41. The first kappa shape index (κ1) is 19.9. The summed E-state index contributed by atoms with van der Waals surface area (Å²) >= 11 is 1.56. The number of benzene rings is 1. The third-order valence-corrected chi connectivity index (χ3v) is 7.27. The van der Waals surface area contributed by atoms with Crippen LogP contribution in [0.1, 0.15) is 47.8 Å². The Labute approximate surface area is 175 Å². The average molecular weight is 414 g/mol. The van der Waals surface area contributed by atoms with Crippen molar-refractivity contribution in [1.82, 2.24) is 14.7 Å². The molecule has 1 aromatic carbocycles. The zero-order valence-electron chi connectivity index (χ0n) is 17.0. The minimum Gasteiger partial charge on any atom is -0.342 e. The molecule has 2 aliphatic heterocycles. The smallest absolute Gasteiger partial charge is 0.264 e. The molecule has 2 fully saturated rings. The van der Waals surface area contributed by atoms with Crippen LogP contribution in [0.3, 0.4) is 0 Å². The van der Waals surface area contributed by atoms with Gasteiger partial charge in [-0.15, -0.1) is 11.3 Å². The van der Waals surface area contributed by atoms with Crippen LogP contribution in [0.15, 0.2) is 24.3 Å². The van der Waals surface area contributed by atoms with Gasteiger partial charge >= 0.3 is 0 Å². The number of thiophene rings is 1. The standard InChI is InChI=1S/C22H27N3O3S/c1-15(26)23-9-5-10-24(13-12-23)22(28)21-20(17-8-11-25(14-17)16(2)27)18-6-3-4-7-19(18)29-21/h3-4,6-7,17H,5,8-14H2,1-2H3/t17-/m0/s1. The fourth-order valence-electron chi connectivity index (χ4n) is 4.49. The van der Waals surface area contributed by atoms with E-state index in [4.69, 9.17) is 0 Å². The van der Waals surface area contributed by atoms with Crippen molar-refractivity contribution in [2.45, 2.75) is 32.6 Å². The molecular weight excluding hydrogens is 386 g/mol. The highest BCUT2D eigenvalue weighted by molar-refractivity contribution is 7.21. The zero-order chi connectivity index (χ0) is 20.5. The topological polar surface area (TPSA) is 60.9 Å². The molecule has 0 saturated carbocycles. The molecule has 0 radical (unpaired) electrons. The van der Waals surface area contributed by atoms with Crippen LogP contribution >= 0.6 is 11.3 Å². The van der Waals surface area contributed by atoms with E-state index in [1.807, 2.05) is 26.8 Å². The molecule has 2 aromatic rings. The van der Waals surface area contributed by atoms with E-state index in [1.165, 1.54) is 0 Å². The number of rotatable bonds is 2. The first-order valence-corrected chi connectivity index (χ1v) is 11.1. The fourth-order valence-corrected chi connectivity index (χ4v) is 5.75. The molecule has 0 spiro atoms. The van der Waals surface area contributed by atoms with Crippen molar-refractivity contribution in [1.29, 1.82) is 0 Å². The Bertz CT molecular complexity index is 954. The summed E-state index contributed by atoms with van der Waals surface area (Å²) in [4.78, 5) is 43.5. The fraction of sp³-hybridized carbons (Fsp3) is 0.500. The Morgan fingerprint density at radius 3 is 2.31 bits per heavy atom. The predicted molar refractivity (Wildman–Crippen MR) is 114 cm³/mol. The van der Waals surface area contributed by atoms with E-state index in [0.717, 1.165) is 39.9 Å². The minimum atomic E-state index is 0.0628. The summed E-state index contributed by atoms with van der Waals surface area (Å²) in [6.45, 7) is 7.14. The van der Waals surface area contributed by atoms with Gasteiger partial charge in [-0.1, -0.05) is 18.2 Å². The van der Waals surface area contributed by atoms with Crippen LogP contribution in [0.5, 0.6) is 0 Å². The van der Waals surface area contributed by atoms with Gasteiger partial charge in [0, 0.05) is 63.7 Å². The minimum absolute atomic E-state index is 0.0628. The number of amides is 3. The second kappa shape index (κ2) is 8.14. The molecule has 0 unspecified atom stereocenters. The number of fused-ring (bicyclic) bond motifs is 1. The van der Waals surface area contributed by atoms with E-state index in [2.05, 4.69) is 12.1 Å². The van der Waals surface area contributed by atoms with Crippen molar-refractivity contribution in [3.05, 3.63) is 34.7 Å². The number of carbonyl (C=O) groups is 3. The van der Waals surface area contributed by atoms with Gasteiger partial charge < -0.3 is 14.7 Å². The van der Waals surface area contributed by atoms with Gasteiger partial charge in [-0.2, -0.15) is 0 Å². The summed E-state index contributed by atoms with van der Waals surface area (Å²) < 4.78 is 1.12. The molecule has 2 saturated heterocycles. The van der Waals surface area contributed by atoms with Gasteiger partial charge in [0.15, 0.2) is 0 Å². The van der Waals surface area contributed by atoms with Crippen molar-refractivity contribution in [3.8, 4) is 0 Å². The van der Waals surface area contributed by atoms with E-state index >= 15 is 0 Å². The van der Waals surface area contributed by atoms with E-state index in [9.17, 15) is 14.4 Å². The SMILES string of the molecule is CC(=O)N1CCCN(C(=O)c2sc3ccccc3c2[C@H]2CCN(C(C)=O)C2)CC1. The lowest BCUT2D eigenvalue weighted by Gasteiger charge is -2.22. The summed E-state index contributed by atoms with van der Waals surface area (Å²) in [7, 11) is 0. The van der Waals surface area contributed by atoms with Crippen LogP contribution in [0.25, 0.3) is 10.1 Å². The van der Waals surface area contributed by atoms with Gasteiger partial charge in [0.25, 0.3) is 5.91 Å². The van der Waals surface area contributed by atoms with Crippen LogP contribution in [0, 0.1) is 0 Å². The lowest BCUT2D eigenvalue weighted by atomic mass is 9.94. The maximum absolute atomic E-state index is 13.5. The zero-order valence-corrected chi connectivity index (χ0v) is 17.8. The molecule has 0 aliphatic carbocycles. The molecular formula is C22H27N3O3S. The third kappa shape index (κ3) is 3.88. The number of hydrogen-bond acceptors (Lipinski definition) is 4. The van der Waals surface area contributed by atoms with Crippen molar-refractivity contribution in [2.75, 3.05) is 39.3 Å². The van der Waals surface area contributed by atoms with Crippen molar-refractivity contribution in [2.24, 2.45) is 0 Å². The monoisotopic (exact) mass is 413 g/mol. The summed E-state index contributed by atoms with van der Waals surface area (Å²) in [5, 5.41) is 1.14. The van der Waals surface area contributed by atoms with Crippen LogP contribution in [-0.2, 0) is 9.59 Å². The maximum Gasteiger partial charge on any atom is 0.264 e. The summed E-state index contributed by atoms with van der Waals surface area (Å²) in [5.74, 6) is 0.413. The van der Waals surface area contributed by atoms with Gasteiger partial charge in [-0.3, -0.25) is 14.4 Å². The van der Waals surface area contributed by atoms with Crippen molar-refractivity contribution >= 4 is 39.1 Å². The van der Waals surface area contributed by atoms with E-state index in [-0.39, 0.29) is 23.6 Å². The Balaban J connectivity index is 1.66. The van der Waals surface area contributed by atoms with E-state index in [1.54, 1.807) is 25.2 Å². The lowest BCUT2D eigenvalue weighted by molar-refractivity contribution is -0.129. The second-order valence-corrected chi connectivity index (χ2v) is 9.00. The molecule has 1 aromatic heterocycles. The van der Waals surface area contributed by atoms with Crippen molar-refractivity contribution in [3.63, 3.8) is 0 Å². The summed E-state index contributed by atoms with van der Waals surface area (Å²) in [6.07, 6.45) is 1.69. The number of hydrogen-bond donors (Lipinski definition) is 0. The van der Waals surface area contributed by atoms with Crippen LogP contribution in [0.2, 0.25) is 0 Å². The van der Waals surface area contributed by atoms with E-state index < -0.39 is 0 Å². The van der Waals surface area contributed by atoms with Crippen molar-refractivity contribution < 1.29 is 14.4 Å².